The second-order valence-electron chi connectivity index (χ2n) is 24.1. The molecule has 412 valence electrons. The minimum absolute atomic E-state index is 0. The maximum Gasteiger partial charge on any atom is 2.00 e. The van der Waals surface area contributed by atoms with E-state index < -0.39 is 0 Å². The normalized spacial score (nSPS) is 11.5. The summed E-state index contributed by atoms with van der Waals surface area (Å²) in [6.07, 6.45) is 10.9. The first kappa shape index (κ1) is 72.3. The molecule has 0 aliphatic carbocycles. The Morgan fingerprint density at radius 3 is 0.539 bits per heavy atom. The molecule has 0 heterocycles. The molecule has 0 radical (unpaired) electrons. The third-order valence-electron chi connectivity index (χ3n) is 12.6. The zero-order chi connectivity index (χ0) is 52.5. The minimum atomic E-state index is 0. The van der Waals surface area contributed by atoms with Crippen LogP contribution in [0.5, 0.6) is 0 Å². The average Bonchev–Trinajstić information content (AvgIpc) is 4.12. The van der Waals surface area contributed by atoms with Crippen molar-refractivity contribution in [3.8, 4) is 0 Å². The summed E-state index contributed by atoms with van der Waals surface area (Å²) < 4.78 is 0. The van der Waals surface area contributed by atoms with Crippen molar-refractivity contribution in [2.24, 2.45) is 47.3 Å². The van der Waals surface area contributed by atoms with Gasteiger partial charge in [-0.05, 0) is 96.6 Å². The number of hydrogen-bond donors (Lipinski definition) is 0. The molecule has 0 nitrogen and oxygen atoms in total. The first-order valence-electron chi connectivity index (χ1n) is 27.9. The van der Waals surface area contributed by atoms with Crippen LogP contribution in [0, 0.1) is 47.3 Å². The monoisotopic (exact) mass is 1170 g/mol. The number of hydrogen-bond acceptors (Lipinski definition) is 0. The van der Waals surface area contributed by atoms with Crippen LogP contribution in [-0.2, 0) is 43.4 Å². The van der Waals surface area contributed by atoms with Gasteiger partial charge in [-0.3, -0.25) is 0 Å². The minimum Gasteiger partial charge on any atom is -1.00 e. The van der Waals surface area contributed by atoms with E-state index in [-0.39, 0.29) is 84.5 Å². The van der Waals surface area contributed by atoms with Crippen LogP contribution in [-0.4, -0.2) is 49.3 Å². The fourth-order valence-electron chi connectivity index (χ4n) is 9.93. The molecule has 0 unspecified atom stereocenters. The summed E-state index contributed by atoms with van der Waals surface area (Å²) in [4.78, 5) is 0. The van der Waals surface area contributed by atoms with Gasteiger partial charge in [0.2, 0.25) is 0 Å². The van der Waals surface area contributed by atoms with Crippen LogP contribution in [0.2, 0.25) is 0 Å². The molecule has 0 aliphatic rings. The van der Waals surface area contributed by atoms with Crippen LogP contribution in [0.15, 0.2) is 146 Å². The molecule has 0 spiro atoms. The SMILES string of the molecule is CC(C)CP(CC(C)C)c1cc2ccccc2[cH-]1.CC(C)CP(CC(C)C)c1cc2ccccc2[cH-]1.CC(C)CP(CC(C)C)c1cc2ccccc2[cH-]1.CC(C)CP(CC(C)C)c1cc2ccccc2[cH-]1.[F-].[F-].[Ti+2].[Ti+2]. The molecule has 8 heteroatoms. The number of benzene rings is 4. The van der Waals surface area contributed by atoms with E-state index in [0.717, 1.165) is 47.3 Å². The Hall–Kier alpha value is -1.67. The second kappa shape index (κ2) is 36.6. The molecule has 0 aliphatic heterocycles. The van der Waals surface area contributed by atoms with Gasteiger partial charge in [0.1, 0.15) is 0 Å². The van der Waals surface area contributed by atoms with E-state index in [9.17, 15) is 0 Å². The molecule has 8 rings (SSSR count). The zero-order valence-corrected chi connectivity index (χ0v) is 56.4. The topological polar surface area (TPSA) is 0 Å². The molecule has 0 saturated carbocycles. The van der Waals surface area contributed by atoms with Crippen molar-refractivity contribution in [3.05, 3.63) is 146 Å². The Kier molecular flexibility index (Phi) is 34.9. The van der Waals surface area contributed by atoms with Crippen molar-refractivity contribution in [1.82, 2.24) is 0 Å². The van der Waals surface area contributed by atoms with Gasteiger partial charge in [-0.15, -0.1) is 161 Å². The maximum atomic E-state index is 2.42. The molecule has 0 saturated heterocycles. The third kappa shape index (κ3) is 24.6. The Morgan fingerprint density at radius 2 is 0.408 bits per heavy atom. The summed E-state index contributed by atoms with van der Waals surface area (Å²) in [6.45, 7) is 37.5. The molecule has 8 aromatic carbocycles. The fraction of sp³-hybridized carbons (Fsp3) is 0.471. The predicted molar refractivity (Wildman–Crippen MR) is 342 cm³/mol. The molecule has 0 amide bonds. The zero-order valence-electron chi connectivity index (χ0n) is 49.7. The first-order chi connectivity index (χ1) is 34.2. The molecule has 0 N–H and O–H groups in total. The third-order valence-corrected chi connectivity index (χ3v) is 25.9. The van der Waals surface area contributed by atoms with E-state index >= 15 is 0 Å². The van der Waals surface area contributed by atoms with Crippen LogP contribution < -0.4 is 30.6 Å². The fourth-order valence-corrected chi connectivity index (χ4v) is 21.8. The summed E-state index contributed by atoms with van der Waals surface area (Å²) in [7, 11) is 0.0741. The predicted octanol–water partition coefficient (Wildman–Crippen LogP) is 13.9. The maximum absolute atomic E-state index is 2.42. The van der Waals surface area contributed by atoms with Gasteiger partial charge in [-0.2, -0.15) is 24.3 Å². The van der Waals surface area contributed by atoms with Gasteiger partial charge in [-0.25, -0.2) is 0 Å². The van der Waals surface area contributed by atoms with E-state index in [1.807, 2.05) is 0 Å². The largest absolute Gasteiger partial charge is 2.00 e. The first-order valence-corrected chi connectivity index (χ1v) is 34.7. The van der Waals surface area contributed by atoms with Crippen molar-refractivity contribution in [1.29, 1.82) is 0 Å². The van der Waals surface area contributed by atoms with Crippen LogP contribution in [0.3, 0.4) is 0 Å². The van der Waals surface area contributed by atoms with Gasteiger partial charge in [0, 0.05) is 0 Å². The van der Waals surface area contributed by atoms with Crippen molar-refractivity contribution in [3.63, 3.8) is 0 Å². The van der Waals surface area contributed by atoms with Gasteiger partial charge in [0.25, 0.3) is 0 Å². The summed E-state index contributed by atoms with van der Waals surface area (Å²) in [6, 6.07) is 54.4. The van der Waals surface area contributed by atoms with E-state index in [2.05, 4.69) is 256 Å². The molecule has 0 fully saturated rings. The van der Waals surface area contributed by atoms with Gasteiger partial charge >= 0.3 is 43.4 Å². The van der Waals surface area contributed by atoms with E-state index in [0.29, 0.717) is 0 Å². The Morgan fingerprint density at radius 1 is 0.263 bits per heavy atom. The van der Waals surface area contributed by atoms with Crippen LogP contribution in [0.1, 0.15) is 111 Å². The Bertz CT molecular complexity index is 2200. The molecule has 8 aromatic rings. The van der Waals surface area contributed by atoms with E-state index in [4.69, 9.17) is 0 Å². The average molecular weight is 1170 g/mol. The van der Waals surface area contributed by atoms with Crippen LogP contribution in [0.25, 0.3) is 43.1 Å². The number of rotatable bonds is 20. The molecular weight excluding hydrogens is 1070 g/mol. The molecule has 76 heavy (non-hydrogen) atoms. The van der Waals surface area contributed by atoms with Gasteiger partial charge < -0.3 is 9.41 Å². The van der Waals surface area contributed by atoms with Crippen molar-refractivity contribution in [2.75, 3.05) is 49.3 Å². The summed E-state index contributed by atoms with van der Waals surface area (Å²) in [5.41, 5.74) is 0. The van der Waals surface area contributed by atoms with Crippen LogP contribution in [0.4, 0.5) is 0 Å². The van der Waals surface area contributed by atoms with Gasteiger partial charge in [-0.1, -0.05) is 167 Å². The standard InChI is InChI=1S/4C17H24P.2FH.2Ti/c4*1-13(2)11-18(12-14(3)4)17-9-15-7-5-6-8-16(15)10-17;;;;/h4*5-10,13-14H,11-12H2,1-4H3;2*1H;;/q4*-1;;;2*+2/p-2. The molecule has 0 aromatic heterocycles. The van der Waals surface area contributed by atoms with Gasteiger partial charge in [0.05, 0.1) is 0 Å². The molecule has 0 atom stereocenters. The smallest absolute Gasteiger partial charge is 1.00 e. The number of fused-ring (bicyclic) bond motifs is 4. The van der Waals surface area contributed by atoms with Gasteiger partial charge in [0.15, 0.2) is 0 Å². The van der Waals surface area contributed by atoms with Crippen molar-refractivity contribution >= 4 is 96.0 Å². The van der Waals surface area contributed by atoms with E-state index in [1.165, 1.54) is 92.4 Å². The summed E-state index contributed by atoms with van der Waals surface area (Å²) >= 11 is 0. The molecule has 0 bridgehead atoms. The Balaban J connectivity index is 0.000000498. The van der Waals surface area contributed by atoms with E-state index in [1.54, 1.807) is 21.2 Å². The second-order valence-corrected chi connectivity index (χ2v) is 33.4. The Labute approximate surface area is 497 Å². The molecular formula is C68H96F2P4Ti2-2. The quantitative estimate of drug-likeness (QED) is 0.0405. The van der Waals surface area contributed by atoms with Crippen molar-refractivity contribution in [2.45, 2.75) is 111 Å². The van der Waals surface area contributed by atoms with Crippen LogP contribution >= 0.6 is 31.7 Å². The summed E-state index contributed by atoms with van der Waals surface area (Å²) in [5.74, 6) is 6.39. The summed E-state index contributed by atoms with van der Waals surface area (Å²) in [5, 5.41) is 17.7. The number of halogens is 2. The van der Waals surface area contributed by atoms with Crippen molar-refractivity contribution < 1.29 is 52.8 Å².